The standard InChI is InChI=1S/C21H21ClN6OS/c1-12(27-13(2)29)9-15(7-8-23)18-10-17(20(30-18)21-25-11-26-28-21)19(24)14-3-5-16(22)6-4-14/h3-11,19H,1,23-24H2,2H3,(H,27,29)(H,25,26,28)/b8-7-,15-9+. The zero-order valence-electron chi connectivity index (χ0n) is 16.2. The number of rotatable bonds is 7. The molecule has 1 unspecified atom stereocenters. The number of nitrogens with zero attached hydrogens (tertiary/aromatic N) is 2. The summed E-state index contributed by atoms with van der Waals surface area (Å²) in [4.78, 5) is 16.1. The lowest BCUT2D eigenvalue weighted by molar-refractivity contribution is -0.118. The average Bonchev–Trinajstić information content (AvgIpc) is 3.37. The van der Waals surface area contributed by atoms with E-state index in [-0.39, 0.29) is 5.91 Å². The minimum Gasteiger partial charge on any atom is -0.405 e. The predicted octanol–water partition coefficient (Wildman–Crippen LogP) is 3.74. The lowest BCUT2D eigenvalue weighted by Crippen LogP contribution is -2.17. The highest BCUT2D eigenvalue weighted by molar-refractivity contribution is 7.16. The van der Waals surface area contributed by atoms with Crippen LogP contribution in [0.15, 0.2) is 67.3 Å². The van der Waals surface area contributed by atoms with E-state index in [1.807, 2.05) is 18.2 Å². The zero-order valence-corrected chi connectivity index (χ0v) is 17.8. The van der Waals surface area contributed by atoms with E-state index in [1.54, 1.807) is 24.3 Å². The fraction of sp³-hybridized carbons (Fsp3) is 0.0952. The first-order chi connectivity index (χ1) is 14.4. The van der Waals surface area contributed by atoms with Gasteiger partial charge in [-0.15, -0.1) is 21.5 Å². The Morgan fingerprint density at radius 1 is 1.37 bits per heavy atom. The molecule has 1 atom stereocenters. The molecule has 0 aliphatic rings. The van der Waals surface area contributed by atoms with Gasteiger partial charge in [0.05, 0.1) is 10.9 Å². The molecule has 7 nitrogen and oxygen atoms in total. The van der Waals surface area contributed by atoms with E-state index in [4.69, 9.17) is 23.1 Å². The Morgan fingerprint density at radius 3 is 2.70 bits per heavy atom. The molecule has 3 rings (SSSR count). The Bertz CT molecular complexity index is 1100. The van der Waals surface area contributed by atoms with Crippen LogP contribution in [0, 0.1) is 0 Å². The van der Waals surface area contributed by atoms with Crippen molar-refractivity contribution in [1.82, 2.24) is 20.5 Å². The summed E-state index contributed by atoms with van der Waals surface area (Å²) in [7, 11) is 0. The molecular formula is C21H21ClN6OS. The van der Waals surface area contributed by atoms with Gasteiger partial charge in [0.2, 0.25) is 5.91 Å². The van der Waals surface area contributed by atoms with E-state index in [2.05, 4.69) is 27.1 Å². The van der Waals surface area contributed by atoms with E-state index >= 15 is 0 Å². The number of carbonyl (C=O) groups is 1. The van der Waals surface area contributed by atoms with Gasteiger partial charge in [-0.2, -0.15) is 0 Å². The highest BCUT2D eigenvalue weighted by Gasteiger charge is 2.21. The number of carbonyl (C=O) groups excluding carboxylic acids is 1. The molecule has 0 saturated carbocycles. The minimum atomic E-state index is -0.408. The van der Waals surface area contributed by atoms with Crippen LogP contribution < -0.4 is 16.8 Å². The van der Waals surface area contributed by atoms with Crippen molar-refractivity contribution in [3.8, 4) is 10.7 Å². The summed E-state index contributed by atoms with van der Waals surface area (Å²) < 4.78 is 0. The van der Waals surface area contributed by atoms with Crippen molar-refractivity contribution in [1.29, 1.82) is 0 Å². The van der Waals surface area contributed by atoms with Gasteiger partial charge in [0.1, 0.15) is 6.33 Å². The van der Waals surface area contributed by atoms with Crippen LogP contribution in [0.5, 0.6) is 0 Å². The van der Waals surface area contributed by atoms with Gasteiger partial charge >= 0.3 is 0 Å². The number of hydrogen-bond donors (Lipinski definition) is 4. The summed E-state index contributed by atoms with van der Waals surface area (Å²) in [6.07, 6.45) is 6.43. The van der Waals surface area contributed by atoms with Gasteiger partial charge in [0, 0.05) is 22.5 Å². The number of nitrogens with one attached hydrogen (secondary N) is 2. The van der Waals surface area contributed by atoms with Crippen molar-refractivity contribution in [3.05, 3.63) is 88.3 Å². The number of aromatic amines is 1. The topological polar surface area (TPSA) is 123 Å². The minimum absolute atomic E-state index is 0.202. The number of benzene rings is 1. The van der Waals surface area contributed by atoms with Crippen LogP contribution in [0.1, 0.15) is 29.0 Å². The molecule has 3 aromatic rings. The van der Waals surface area contributed by atoms with Gasteiger partial charge in [-0.05, 0) is 53.3 Å². The van der Waals surface area contributed by atoms with Gasteiger partial charge in [0.25, 0.3) is 0 Å². The van der Waals surface area contributed by atoms with Crippen LogP contribution in [0.4, 0.5) is 0 Å². The normalized spacial score (nSPS) is 12.8. The van der Waals surface area contributed by atoms with Gasteiger partial charge in [0.15, 0.2) is 5.82 Å². The third kappa shape index (κ3) is 5.04. The number of halogens is 1. The average molecular weight is 441 g/mol. The largest absolute Gasteiger partial charge is 0.405 e. The summed E-state index contributed by atoms with van der Waals surface area (Å²) in [5.41, 5.74) is 15.2. The number of H-pyrrole nitrogens is 1. The molecule has 2 heterocycles. The molecule has 0 aliphatic heterocycles. The van der Waals surface area contributed by atoms with Crippen LogP contribution in [0.25, 0.3) is 16.3 Å². The number of hydrogen-bond acceptors (Lipinski definition) is 6. The molecular weight excluding hydrogens is 420 g/mol. The molecule has 0 fully saturated rings. The van der Waals surface area contributed by atoms with Crippen molar-refractivity contribution < 1.29 is 4.79 Å². The fourth-order valence-corrected chi connectivity index (χ4v) is 4.16. The molecule has 0 saturated heterocycles. The maximum Gasteiger partial charge on any atom is 0.221 e. The van der Waals surface area contributed by atoms with E-state index in [1.165, 1.54) is 30.8 Å². The Hall–Kier alpha value is -3.20. The van der Waals surface area contributed by atoms with Crippen molar-refractivity contribution in [2.75, 3.05) is 0 Å². The van der Waals surface area contributed by atoms with E-state index in [0.717, 1.165) is 26.5 Å². The SMILES string of the molecule is C=C(/C=C(\C=C/N)c1cc(C(N)c2ccc(Cl)cc2)c(-c2nnc[nH]2)s1)NC(C)=O. The Morgan fingerprint density at radius 2 is 2.10 bits per heavy atom. The molecule has 0 spiro atoms. The van der Waals surface area contributed by atoms with Crippen molar-refractivity contribution in [2.45, 2.75) is 13.0 Å². The highest BCUT2D eigenvalue weighted by Crippen LogP contribution is 2.39. The first-order valence-electron chi connectivity index (χ1n) is 8.97. The maximum absolute atomic E-state index is 11.3. The predicted molar refractivity (Wildman–Crippen MR) is 121 cm³/mol. The third-order valence-electron chi connectivity index (χ3n) is 4.18. The molecule has 1 amide bonds. The Labute approximate surface area is 183 Å². The number of amides is 1. The lowest BCUT2D eigenvalue weighted by Gasteiger charge is -2.12. The molecule has 0 aliphatic carbocycles. The maximum atomic E-state index is 11.3. The van der Waals surface area contributed by atoms with Gasteiger partial charge in [-0.25, -0.2) is 0 Å². The quantitative estimate of drug-likeness (QED) is 0.417. The number of thiophene rings is 1. The molecule has 2 aromatic heterocycles. The molecule has 0 bridgehead atoms. The molecule has 1 aromatic carbocycles. The highest BCUT2D eigenvalue weighted by atomic mass is 35.5. The van der Waals surface area contributed by atoms with Crippen molar-refractivity contribution in [3.63, 3.8) is 0 Å². The van der Waals surface area contributed by atoms with Crippen LogP contribution in [-0.4, -0.2) is 21.1 Å². The second-order valence-corrected chi connectivity index (χ2v) is 7.92. The van der Waals surface area contributed by atoms with Crippen LogP contribution in [0.2, 0.25) is 5.02 Å². The first kappa shape index (κ1) is 21.5. The third-order valence-corrected chi connectivity index (χ3v) is 5.64. The second-order valence-electron chi connectivity index (χ2n) is 6.43. The lowest BCUT2D eigenvalue weighted by atomic mass is 9.99. The van der Waals surface area contributed by atoms with Gasteiger partial charge < -0.3 is 21.8 Å². The van der Waals surface area contributed by atoms with Crippen LogP contribution in [0.3, 0.4) is 0 Å². The summed E-state index contributed by atoms with van der Waals surface area (Å²) in [5.74, 6) is 0.411. The molecule has 6 N–H and O–H groups in total. The molecule has 9 heteroatoms. The zero-order chi connectivity index (χ0) is 21.7. The number of allylic oxidation sites excluding steroid dienone is 3. The first-order valence-corrected chi connectivity index (χ1v) is 10.2. The summed E-state index contributed by atoms with van der Waals surface area (Å²) in [5, 5.41) is 11.3. The summed E-state index contributed by atoms with van der Waals surface area (Å²) >= 11 is 7.50. The Kier molecular flexibility index (Phi) is 6.83. The van der Waals surface area contributed by atoms with E-state index < -0.39 is 6.04 Å². The second kappa shape index (κ2) is 9.53. The van der Waals surface area contributed by atoms with Crippen molar-refractivity contribution in [2.24, 2.45) is 11.5 Å². The monoisotopic (exact) mass is 440 g/mol. The summed E-state index contributed by atoms with van der Waals surface area (Å²) in [6, 6.07) is 8.96. The number of aromatic nitrogens is 3. The summed E-state index contributed by atoms with van der Waals surface area (Å²) in [6.45, 7) is 5.29. The van der Waals surface area contributed by atoms with E-state index in [0.29, 0.717) is 16.5 Å². The number of nitrogens with two attached hydrogens (primary N) is 2. The van der Waals surface area contributed by atoms with Crippen LogP contribution >= 0.6 is 22.9 Å². The smallest absolute Gasteiger partial charge is 0.221 e. The van der Waals surface area contributed by atoms with E-state index in [9.17, 15) is 4.79 Å². The fourth-order valence-electron chi connectivity index (χ4n) is 2.88. The van der Waals surface area contributed by atoms with Gasteiger partial charge in [-0.3, -0.25) is 4.79 Å². The molecule has 30 heavy (non-hydrogen) atoms. The molecule has 154 valence electrons. The van der Waals surface area contributed by atoms with Crippen molar-refractivity contribution >= 4 is 34.4 Å². The Balaban J connectivity index is 2.09. The molecule has 0 radical (unpaired) electrons. The van der Waals surface area contributed by atoms with Gasteiger partial charge in [-0.1, -0.05) is 30.3 Å². The van der Waals surface area contributed by atoms with Crippen LogP contribution in [-0.2, 0) is 4.79 Å².